The molecule has 28 heavy (non-hydrogen) atoms. The normalized spacial score (nSPS) is 18.5. The van der Waals surface area contributed by atoms with Gasteiger partial charge in [0.05, 0.1) is 6.04 Å². The van der Waals surface area contributed by atoms with Gasteiger partial charge >= 0.3 is 6.03 Å². The standard InChI is InChI=1S/C23H27N3O2/c1-23(2,3)25-22(28)24-17-10-12-19-16(14-17)9-13-21(27)26(19)20-11-8-15-6-4-5-7-18(15)20/h4-7,10,12,14,20H,8-9,11,13H2,1-3H3,(H2,24,25,28). The summed E-state index contributed by atoms with van der Waals surface area (Å²) in [5.74, 6) is 0.181. The first-order chi connectivity index (χ1) is 13.3. The number of hydrogen-bond acceptors (Lipinski definition) is 2. The number of nitrogens with zero attached hydrogens (tertiary/aromatic N) is 1. The molecule has 1 aliphatic heterocycles. The molecule has 0 spiro atoms. The Hall–Kier alpha value is -2.82. The minimum atomic E-state index is -0.294. The lowest BCUT2D eigenvalue weighted by Crippen LogP contribution is -2.43. The van der Waals surface area contributed by atoms with Crippen LogP contribution in [0, 0.1) is 0 Å². The highest BCUT2D eigenvalue weighted by Crippen LogP contribution is 2.42. The predicted molar refractivity (Wildman–Crippen MR) is 112 cm³/mol. The van der Waals surface area contributed by atoms with Gasteiger partial charge in [-0.25, -0.2) is 4.79 Å². The number of benzene rings is 2. The lowest BCUT2D eigenvalue weighted by molar-refractivity contribution is -0.119. The number of anilines is 2. The van der Waals surface area contributed by atoms with E-state index in [1.54, 1.807) is 0 Å². The Labute approximate surface area is 166 Å². The summed E-state index contributed by atoms with van der Waals surface area (Å²) < 4.78 is 0. The average Bonchev–Trinajstić information content (AvgIpc) is 3.04. The summed E-state index contributed by atoms with van der Waals surface area (Å²) >= 11 is 0. The smallest absolute Gasteiger partial charge is 0.319 e. The fraction of sp³-hybridized carbons (Fsp3) is 0.391. The summed E-state index contributed by atoms with van der Waals surface area (Å²) in [5.41, 5.74) is 5.14. The van der Waals surface area contributed by atoms with Gasteiger partial charge in [0.1, 0.15) is 0 Å². The highest BCUT2D eigenvalue weighted by atomic mass is 16.2. The van der Waals surface area contributed by atoms with Crippen LogP contribution in [0.4, 0.5) is 16.2 Å². The number of fused-ring (bicyclic) bond motifs is 2. The van der Waals surface area contributed by atoms with Crippen molar-refractivity contribution in [3.05, 3.63) is 59.2 Å². The van der Waals surface area contributed by atoms with E-state index >= 15 is 0 Å². The molecule has 4 rings (SSSR count). The van der Waals surface area contributed by atoms with Crippen molar-refractivity contribution in [2.75, 3.05) is 10.2 Å². The highest BCUT2D eigenvalue weighted by Gasteiger charge is 2.35. The first kappa shape index (κ1) is 18.5. The maximum atomic E-state index is 12.8. The second kappa shape index (κ2) is 6.97. The molecule has 0 bridgehead atoms. The summed E-state index contributed by atoms with van der Waals surface area (Å²) in [4.78, 5) is 27.0. The number of rotatable bonds is 2. The monoisotopic (exact) mass is 377 g/mol. The molecule has 1 atom stereocenters. The largest absolute Gasteiger partial charge is 0.333 e. The molecule has 5 heteroatoms. The molecular formula is C23H27N3O2. The molecule has 0 saturated heterocycles. The summed E-state index contributed by atoms with van der Waals surface area (Å²) in [6.07, 6.45) is 3.17. The minimum absolute atomic E-state index is 0.103. The Morgan fingerprint density at radius 2 is 1.82 bits per heavy atom. The number of aryl methyl sites for hydroxylation is 2. The van der Waals surface area contributed by atoms with Crippen LogP contribution in [0.15, 0.2) is 42.5 Å². The van der Waals surface area contributed by atoms with Crippen LogP contribution in [0.3, 0.4) is 0 Å². The zero-order valence-electron chi connectivity index (χ0n) is 16.7. The number of nitrogens with one attached hydrogen (secondary N) is 2. The summed E-state index contributed by atoms with van der Waals surface area (Å²) in [7, 11) is 0. The minimum Gasteiger partial charge on any atom is -0.333 e. The van der Waals surface area contributed by atoms with Gasteiger partial charge in [-0.15, -0.1) is 0 Å². The molecule has 0 radical (unpaired) electrons. The van der Waals surface area contributed by atoms with E-state index in [9.17, 15) is 9.59 Å². The molecule has 2 aromatic carbocycles. The second-order valence-electron chi connectivity index (χ2n) is 8.69. The van der Waals surface area contributed by atoms with Crippen molar-refractivity contribution >= 4 is 23.3 Å². The van der Waals surface area contributed by atoms with Gasteiger partial charge < -0.3 is 15.5 Å². The molecule has 146 valence electrons. The van der Waals surface area contributed by atoms with Gasteiger partial charge in [0.2, 0.25) is 5.91 Å². The Morgan fingerprint density at radius 1 is 1.04 bits per heavy atom. The molecule has 5 nitrogen and oxygen atoms in total. The highest BCUT2D eigenvalue weighted by molar-refractivity contribution is 5.98. The summed E-state index contributed by atoms with van der Waals surface area (Å²) in [6, 6.07) is 14.1. The molecular weight excluding hydrogens is 350 g/mol. The van der Waals surface area contributed by atoms with Gasteiger partial charge in [0.25, 0.3) is 0 Å². The van der Waals surface area contributed by atoms with Gasteiger partial charge in [-0.1, -0.05) is 24.3 Å². The number of hydrogen-bond donors (Lipinski definition) is 2. The first-order valence-electron chi connectivity index (χ1n) is 9.94. The molecule has 2 N–H and O–H groups in total. The zero-order valence-corrected chi connectivity index (χ0v) is 16.7. The van der Waals surface area contributed by atoms with E-state index < -0.39 is 0 Å². The van der Waals surface area contributed by atoms with Crippen molar-refractivity contribution < 1.29 is 9.59 Å². The molecule has 0 saturated carbocycles. The SMILES string of the molecule is CC(C)(C)NC(=O)Nc1ccc2c(c1)CCC(=O)N2C1CCc2ccccc21. The third kappa shape index (κ3) is 3.61. The molecule has 3 amide bonds. The van der Waals surface area contributed by atoms with E-state index in [0.29, 0.717) is 12.8 Å². The van der Waals surface area contributed by atoms with Crippen LogP contribution in [-0.4, -0.2) is 17.5 Å². The van der Waals surface area contributed by atoms with Crippen LogP contribution < -0.4 is 15.5 Å². The van der Waals surface area contributed by atoms with Crippen LogP contribution in [0.2, 0.25) is 0 Å². The number of amides is 3. The predicted octanol–water partition coefficient (Wildman–Crippen LogP) is 4.57. The van der Waals surface area contributed by atoms with Crippen molar-refractivity contribution in [3.8, 4) is 0 Å². The number of urea groups is 1. The molecule has 0 fully saturated rings. The molecule has 2 aliphatic rings. The van der Waals surface area contributed by atoms with Crippen LogP contribution in [-0.2, 0) is 17.6 Å². The molecule has 1 heterocycles. The van der Waals surface area contributed by atoms with E-state index in [0.717, 1.165) is 29.8 Å². The van der Waals surface area contributed by atoms with E-state index in [4.69, 9.17) is 0 Å². The lowest BCUT2D eigenvalue weighted by atomic mass is 9.96. The Morgan fingerprint density at radius 3 is 2.61 bits per heavy atom. The van der Waals surface area contributed by atoms with Crippen molar-refractivity contribution in [1.82, 2.24) is 5.32 Å². The number of carbonyl (C=O) groups excluding carboxylic acids is 2. The van der Waals surface area contributed by atoms with E-state index in [1.807, 2.05) is 49.9 Å². The molecule has 1 unspecified atom stereocenters. The topological polar surface area (TPSA) is 61.4 Å². The van der Waals surface area contributed by atoms with Crippen molar-refractivity contribution in [1.29, 1.82) is 0 Å². The average molecular weight is 377 g/mol. The van der Waals surface area contributed by atoms with Gasteiger partial charge in [-0.2, -0.15) is 0 Å². The van der Waals surface area contributed by atoms with Crippen LogP contribution in [0.25, 0.3) is 0 Å². The van der Waals surface area contributed by atoms with Crippen molar-refractivity contribution in [3.63, 3.8) is 0 Å². The van der Waals surface area contributed by atoms with Crippen LogP contribution in [0.5, 0.6) is 0 Å². The van der Waals surface area contributed by atoms with Gasteiger partial charge in [-0.05, 0) is 74.9 Å². The fourth-order valence-corrected chi connectivity index (χ4v) is 4.24. The second-order valence-corrected chi connectivity index (χ2v) is 8.69. The van der Waals surface area contributed by atoms with Crippen LogP contribution in [0.1, 0.15) is 56.3 Å². The van der Waals surface area contributed by atoms with E-state index in [-0.39, 0.29) is 23.5 Å². The molecule has 0 aromatic heterocycles. The summed E-state index contributed by atoms with van der Waals surface area (Å²) in [6.45, 7) is 5.84. The Balaban J connectivity index is 1.60. The Bertz CT molecular complexity index is 930. The third-order valence-electron chi connectivity index (χ3n) is 5.38. The summed E-state index contributed by atoms with van der Waals surface area (Å²) in [5, 5.41) is 5.81. The fourth-order valence-electron chi connectivity index (χ4n) is 4.24. The zero-order chi connectivity index (χ0) is 19.9. The van der Waals surface area contributed by atoms with E-state index in [1.165, 1.54) is 11.1 Å². The Kier molecular flexibility index (Phi) is 4.61. The third-order valence-corrected chi connectivity index (χ3v) is 5.38. The van der Waals surface area contributed by atoms with Crippen molar-refractivity contribution in [2.45, 2.75) is 58.0 Å². The van der Waals surface area contributed by atoms with Gasteiger partial charge in [-0.3, -0.25) is 4.79 Å². The molecule has 2 aromatic rings. The van der Waals surface area contributed by atoms with Crippen molar-refractivity contribution in [2.24, 2.45) is 0 Å². The van der Waals surface area contributed by atoms with E-state index in [2.05, 4.69) is 28.8 Å². The first-order valence-corrected chi connectivity index (χ1v) is 9.94. The van der Waals surface area contributed by atoms with Gasteiger partial charge in [0.15, 0.2) is 0 Å². The maximum Gasteiger partial charge on any atom is 0.319 e. The number of carbonyl (C=O) groups is 2. The lowest BCUT2D eigenvalue weighted by Gasteiger charge is -2.35. The van der Waals surface area contributed by atoms with Gasteiger partial charge in [0, 0.05) is 23.3 Å². The molecule has 1 aliphatic carbocycles. The maximum absolute atomic E-state index is 12.8. The van der Waals surface area contributed by atoms with Crippen LogP contribution >= 0.6 is 0 Å². The quantitative estimate of drug-likeness (QED) is 0.805.